The van der Waals surface area contributed by atoms with E-state index in [0.717, 1.165) is 10.9 Å². The molecule has 0 saturated carbocycles. The third kappa shape index (κ3) is 4.27. The van der Waals surface area contributed by atoms with Gasteiger partial charge in [0.1, 0.15) is 0 Å². The lowest BCUT2D eigenvalue weighted by molar-refractivity contribution is -0.121. The third-order valence-corrected chi connectivity index (χ3v) is 3.94. The maximum absolute atomic E-state index is 11.7. The van der Waals surface area contributed by atoms with E-state index in [4.69, 9.17) is 0 Å². The molecule has 0 aliphatic carbocycles. The number of halogens is 1. The van der Waals surface area contributed by atoms with Crippen LogP contribution < -0.4 is 5.32 Å². The zero-order chi connectivity index (χ0) is 12.8. The van der Waals surface area contributed by atoms with Crippen molar-refractivity contribution in [3.8, 4) is 0 Å². The van der Waals surface area contributed by atoms with Gasteiger partial charge in [0, 0.05) is 15.8 Å². The molecule has 0 aliphatic rings. The Hall–Kier alpha value is -1.13. The van der Waals surface area contributed by atoms with E-state index in [1.54, 1.807) is 11.3 Å². The first-order valence-electron chi connectivity index (χ1n) is 5.77. The van der Waals surface area contributed by atoms with Crippen LogP contribution in [0.5, 0.6) is 0 Å². The number of hydrogen-bond donors (Lipinski definition) is 1. The van der Waals surface area contributed by atoms with Gasteiger partial charge in [-0.3, -0.25) is 4.79 Å². The number of aryl methyl sites for hydroxylation is 1. The second-order valence-corrected chi connectivity index (χ2v) is 5.93. The van der Waals surface area contributed by atoms with E-state index in [1.807, 2.05) is 41.8 Å². The molecule has 4 heteroatoms. The molecule has 0 unspecified atom stereocenters. The molecule has 0 bridgehead atoms. The number of thiophene rings is 1. The Morgan fingerprint density at radius 2 is 2.17 bits per heavy atom. The summed E-state index contributed by atoms with van der Waals surface area (Å²) in [4.78, 5) is 12.9. The molecule has 2 nitrogen and oxygen atoms in total. The summed E-state index contributed by atoms with van der Waals surface area (Å²) in [5.41, 5.74) is 1.18. The van der Waals surface area contributed by atoms with Crippen molar-refractivity contribution >= 4 is 33.2 Å². The van der Waals surface area contributed by atoms with Gasteiger partial charge >= 0.3 is 0 Å². The molecule has 0 atom stereocenters. The first-order chi connectivity index (χ1) is 8.74. The number of carbonyl (C=O) groups excluding carboxylic acids is 1. The Balaban J connectivity index is 1.75. The Labute approximate surface area is 119 Å². The van der Waals surface area contributed by atoms with Crippen LogP contribution in [-0.4, -0.2) is 5.91 Å². The van der Waals surface area contributed by atoms with Crippen LogP contribution in [0, 0.1) is 0 Å². The van der Waals surface area contributed by atoms with Gasteiger partial charge in [0.25, 0.3) is 0 Å². The predicted molar refractivity (Wildman–Crippen MR) is 78.6 cm³/mol. The summed E-state index contributed by atoms with van der Waals surface area (Å²) in [6.07, 6.45) is 1.30. The minimum Gasteiger partial charge on any atom is -0.351 e. The standard InChI is InChI=1S/C14H14BrNOS/c15-12-4-1-3-11(9-12)6-7-14(17)16-10-13-5-2-8-18-13/h1-5,8-9H,6-7,10H2,(H,16,17). The molecule has 0 aliphatic heterocycles. The normalized spacial score (nSPS) is 10.3. The number of carbonyl (C=O) groups is 1. The number of hydrogen-bond acceptors (Lipinski definition) is 2. The van der Waals surface area contributed by atoms with E-state index in [0.29, 0.717) is 13.0 Å². The molecular weight excluding hydrogens is 310 g/mol. The smallest absolute Gasteiger partial charge is 0.220 e. The van der Waals surface area contributed by atoms with Gasteiger partial charge in [-0.15, -0.1) is 11.3 Å². The Morgan fingerprint density at radius 3 is 2.89 bits per heavy atom. The topological polar surface area (TPSA) is 29.1 Å². The molecule has 0 fully saturated rings. The molecule has 18 heavy (non-hydrogen) atoms. The van der Waals surface area contributed by atoms with E-state index in [-0.39, 0.29) is 5.91 Å². The highest BCUT2D eigenvalue weighted by atomic mass is 79.9. The molecule has 2 aromatic rings. The lowest BCUT2D eigenvalue weighted by atomic mass is 10.1. The average molecular weight is 324 g/mol. The second kappa shape index (κ2) is 6.71. The minimum absolute atomic E-state index is 0.100. The fourth-order valence-electron chi connectivity index (χ4n) is 1.64. The summed E-state index contributed by atoms with van der Waals surface area (Å²) in [5, 5.41) is 4.95. The highest BCUT2D eigenvalue weighted by molar-refractivity contribution is 9.10. The summed E-state index contributed by atoms with van der Waals surface area (Å²) >= 11 is 5.09. The minimum atomic E-state index is 0.100. The summed E-state index contributed by atoms with van der Waals surface area (Å²) in [5.74, 6) is 0.100. The number of rotatable bonds is 5. The van der Waals surface area contributed by atoms with E-state index >= 15 is 0 Å². The number of benzene rings is 1. The van der Waals surface area contributed by atoms with Crippen molar-refractivity contribution in [2.45, 2.75) is 19.4 Å². The molecule has 1 aromatic carbocycles. The van der Waals surface area contributed by atoms with Crippen LogP contribution in [0.25, 0.3) is 0 Å². The zero-order valence-corrected chi connectivity index (χ0v) is 12.3. The van der Waals surface area contributed by atoms with Gasteiger partial charge in [-0.1, -0.05) is 34.1 Å². The molecular formula is C14H14BrNOS. The summed E-state index contributed by atoms with van der Waals surface area (Å²) in [6.45, 7) is 0.634. The molecule has 1 heterocycles. The first kappa shape index (κ1) is 13.3. The van der Waals surface area contributed by atoms with Crippen LogP contribution in [0.4, 0.5) is 0 Å². The molecule has 2 rings (SSSR count). The number of nitrogens with one attached hydrogen (secondary N) is 1. The van der Waals surface area contributed by atoms with Gasteiger partial charge in [0.05, 0.1) is 6.54 Å². The summed E-state index contributed by atoms with van der Waals surface area (Å²) in [6, 6.07) is 12.1. The first-order valence-corrected chi connectivity index (χ1v) is 7.45. The van der Waals surface area contributed by atoms with Crippen molar-refractivity contribution in [2.24, 2.45) is 0 Å². The highest BCUT2D eigenvalue weighted by Gasteiger charge is 2.03. The fourth-order valence-corrected chi connectivity index (χ4v) is 2.73. The lowest BCUT2D eigenvalue weighted by Crippen LogP contribution is -2.22. The summed E-state index contributed by atoms with van der Waals surface area (Å²) in [7, 11) is 0. The summed E-state index contributed by atoms with van der Waals surface area (Å²) < 4.78 is 1.05. The quantitative estimate of drug-likeness (QED) is 0.891. The number of amides is 1. The molecule has 0 spiro atoms. The monoisotopic (exact) mass is 323 g/mol. The average Bonchev–Trinajstić information content (AvgIpc) is 2.87. The van der Waals surface area contributed by atoms with Crippen molar-refractivity contribution in [1.82, 2.24) is 5.32 Å². The van der Waals surface area contributed by atoms with E-state index < -0.39 is 0 Å². The van der Waals surface area contributed by atoms with E-state index in [9.17, 15) is 4.79 Å². The van der Waals surface area contributed by atoms with Gasteiger partial charge < -0.3 is 5.32 Å². The van der Waals surface area contributed by atoms with E-state index in [1.165, 1.54) is 10.4 Å². The van der Waals surface area contributed by atoms with Crippen molar-refractivity contribution in [3.63, 3.8) is 0 Å². The van der Waals surface area contributed by atoms with Crippen molar-refractivity contribution in [3.05, 3.63) is 56.7 Å². The van der Waals surface area contributed by atoms with Crippen LogP contribution >= 0.6 is 27.3 Å². The van der Waals surface area contributed by atoms with Gasteiger partial charge in [0.2, 0.25) is 5.91 Å². The van der Waals surface area contributed by atoms with Gasteiger partial charge in [-0.2, -0.15) is 0 Å². The maximum atomic E-state index is 11.7. The van der Waals surface area contributed by atoms with Crippen molar-refractivity contribution in [1.29, 1.82) is 0 Å². The second-order valence-electron chi connectivity index (χ2n) is 3.99. The fraction of sp³-hybridized carbons (Fsp3) is 0.214. The lowest BCUT2D eigenvalue weighted by Gasteiger charge is -2.04. The van der Waals surface area contributed by atoms with E-state index in [2.05, 4.69) is 21.2 Å². The van der Waals surface area contributed by atoms with Crippen LogP contribution in [0.15, 0.2) is 46.3 Å². The van der Waals surface area contributed by atoms with Crippen LogP contribution in [0.1, 0.15) is 16.9 Å². The van der Waals surface area contributed by atoms with Gasteiger partial charge in [-0.25, -0.2) is 0 Å². The Bertz CT molecular complexity index is 510. The van der Waals surface area contributed by atoms with Crippen LogP contribution in [0.2, 0.25) is 0 Å². The molecule has 0 radical (unpaired) electrons. The van der Waals surface area contributed by atoms with Crippen LogP contribution in [0.3, 0.4) is 0 Å². The largest absolute Gasteiger partial charge is 0.351 e. The zero-order valence-electron chi connectivity index (χ0n) is 9.86. The maximum Gasteiger partial charge on any atom is 0.220 e. The Kier molecular flexibility index (Phi) is 4.96. The third-order valence-electron chi connectivity index (χ3n) is 2.57. The molecule has 94 valence electrons. The molecule has 1 amide bonds. The van der Waals surface area contributed by atoms with Gasteiger partial charge in [-0.05, 0) is 35.6 Å². The highest BCUT2D eigenvalue weighted by Crippen LogP contribution is 2.13. The molecule has 1 N–H and O–H groups in total. The van der Waals surface area contributed by atoms with Crippen molar-refractivity contribution < 1.29 is 4.79 Å². The predicted octanol–water partition coefficient (Wildman–Crippen LogP) is 3.76. The van der Waals surface area contributed by atoms with Gasteiger partial charge in [0.15, 0.2) is 0 Å². The molecule has 0 saturated heterocycles. The molecule has 1 aromatic heterocycles. The Morgan fingerprint density at radius 1 is 1.28 bits per heavy atom. The van der Waals surface area contributed by atoms with Crippen LogP contribution in [-0.2, 0) is 17.8 Å². The van der Waals surface area contributed by atoms with Crippen molar-refractivity contribution in [2.75, 3.05) is 0 Å². The SMILES string of the molecule is O=C(CCc1cccc(Br)c1)NCc1cccs1.